The summed E-state index contributed by atoms with van der Waals surface area (Å²) in [7, 11) is 1.99. The standard InChI is InChI=1S/C15H15N3O/c1-11(18(2)15-10-16-7-8-17-15)14-9-12-5-3-4-6-13(12)19-14/h3-11H,1-2H3. The first-order valence-corrected chi connectivity index (χ1v) is 6.23. The van der Waals surface area contributed by atoms with Gasteiger partial charge in [0.25, 0.3) is 0 Å². The van der Waals surface area contributed by atoms with Crippen LogP contribution in [0.25, 0.3) is 11.0 Å². The Labute approximate surface area is 111 Å². The van der Waals surface area contributed by atoms with Gasteiger partial charge in [0, 0.05) is 24.8 Å². The van der Waals surface area contributed by atoms with Crippen LogP contribution < -0.4 is 4.90 Å². The van der Waals surface area contributed by atoms with Crippen LogP contribution in [0.4, 0.5) is 5.82 Å². The maximum Gasteiger partial charge on any atom is 0.147 e. The monoisotopic (exact) mass is 253 g/mol. The summed E-state index contributed by atoms with van der Waals surface area (Å²) < 4.78 is 5.88. The van der Waals surface area contributed by atoms with E-state index in [-0.39, 0.29) is 6.04 Å². The predicted octanol–water partition coefficient (Wildman–Crippen LogP) is 3.42. The van der Waals surface area contributed by atoms with E-state index in [0.717, 1.165) is 22.5 Å². The van der Waals surface area contributed by atoms with Gasteiger partial charge in [0.05, 0.1) is 12.2 Å². The van der Waals surface area contributed by atoms with E-state index in [0.29, 0.717) is 0 Å². The zero-order valence-electron chi connectivity index (χ0n) is 10.9. The van der Waals surface area contributed by atoms with Gasteiger partial charge in [0.15, 0.2) is 0 Å². The topological polar surface area (TPSA) is 42.2 Å². The molecule has 0 spiro atoms. The molecule has 19 heavy (non-hydrogen) atoms. The summed E-state index contributed by atoms with van der Waals surface area (Å²) in [5.41, 5.74) is 0.914. The van der Waals surface area contributed by atoms with Crippen molar-refractivity contribution in [2.24, 2.45) is 0 Å². The van der Waals surface area contributed by atoms with E-state index in [9.17, 15) is 0 Å². The smallest absolute Gasteiger partial charge is 0.147 e. The van der Waals surface area contributed by atoms with E-state index >= 15 is 0 Å². The third kappa shape index (κ3) is 2.17. The number of rotatable bonds is 3. The number of hydrogen-bond donors (Lipinski definition) is 0. The lowest BCUT2D eigenvalue weighted by molar-refractivity contribution is 0.500. The highest BCUT2D eigenvalue weighted by Gasteiger charge is 2.17. The molecule has 0 saturated carbocycles. The zero-order chi connectivity index (χ0) is 13.2. The Hall–Kier alpha value is -2.36. The second-order valence-corrected chi connectivity index (χ2v) is 4.54. The number of furan rings is 1. The fraction of sp³-hybridized carbons (Fsp3) is 0.200. The molecule has 3 aromatic rings. The van der Waals surface area contributed by atoms with Gasteiger partial charge in [-0.2, -0.15) is 0 Å². The maximum absolute atomic E-state index is 5.88. The Bertz CT molecular complexity index is 645. The molecule has 1 atom stereocenters. The number of para-hydroxylation sites is 1. The number of nitrogens with zero attached hydrogens (tertiary/aromatic N) is 3. The molecule has 0 fully saturated rings. The molecule has 3 rings (SSSR count). The van der Waals surface area contributed by atoms with Crippen molar-refractivity contribution >= 4 is 16.8 Å². The van der Waals surface area contributed by atoms with Gasteiger partial charge in [0.1, 0.15) is 17.2 Å². The molecule has 4 heteroatoms. The Balaban J connectivity index is 1.93. The Morgan fingerprint density at radius 1 is 1.21 bits per heavy atom. The maximum atomic E-state index is 5.88. The molecule has 0 bridgehead atoms. The van der Waals surface area contributed by atoms with Gasteiger partial charge in [-0.25, -0.2) is 4.98 Å². The lowest BCUT2D eigenvalue weighted by Crippen LogP contribution is -2.22. The Morgan fingerprint density at radius 2 is 2.05 bits per heavy atom. The molecular weight excluding hydrogens is 238 g/mol. The van der Waals surface area contributed by atoms with E-state index in [1.165, 1.54) is 0 Å². The minimum atomic E-state index is 0.101. The highest BCUT2D eigenvalue weighted by molar-refractivity contribution is 5.77. The molecule has 0 amide bonds. The molecule has 2 heterocycles. The number of hydrogen-bond acceptors (Lipinski definition) is 4. The molecule has 0 aliphatic heterocycles. The molecule has 2 aromatic heterocycles. The van der Waals surface area contributed by atoms with E-state index in [1.54, 1.807) is 18.6 Å². The van der Waals surface area contributed by atoms with Crippen LogP contribution in [0.2, 0.25) is 0 Å². The second-order valence-electron chi connectivity index (χ2n) is 4.54. The SMILES string of the molecule is CC(c1cc2ccccc2o1)N(C)c1cnccn1. The minimum absolute atomic E-state index is 0.101. The van der Waals surface area contributed by atoms with Crippen LogP contribution in [0.1, 0.15) is 18.7 Å². The highest BCUT2D eigenvalue weighted by atomic mass is 16.3. The number of benzene rings is 1. The molecule has 0 radical (unpaired) electrons. The summed E-state index contributed by atoms with van der Waals surface area (Å²) in [6, 6.07) is 10.2. The van der Waals surface area contributed by atoms with Gasteiger partial charge in [0.2, 0.25) is 0 Å². The van der Waals surface area contributed by atoms with Crippen molar-refractivity contribution in [1.82, 2.24) is 9.97 Å². The van der Waals surface area contributed by atoms with Crippen LogP contribution in [-0.4, -0.2) is 17.0 Å². The van der Waals surface area contributed by atoms with Gasteiger partial charge >= 0.3 is 0 Å². The van der Waals surface area contributed by atoms with Gasteiger partial charge in [-0.3, -0.25) is 4.98 Å². The van der Waals surface area contributed by atoms with Crippen LogP contribution in [-0.2, 0) is 0 Å². The van der Waals surface area contributed by atoms with Gasteiger partial charge in [-0.1, -0.05) is 18.2 Å². The van der Waals surface area contributed by atoms with Crippen molar-refractivity contribution < 1.29 is 4.42 Å². The first kappa shape index (κ1) is 11.7. The fourth-order valence-corrected chi connectivity index (χ4v) is 2.07. The third-order valence-electron chi connectivity index (χ3n) is 3.35. The molecule has 0 N–H and O–H groups in total. The zero-order valence-corrected chi connectivity index (χ0v) is 10.9. The summed E-state index contributed by atoms with van der Waals surface area (Å²) >= 11 is 0. The summed E-state index contributed by atoms with van der Waals surface area (Å²) in [6.45, 7) is 2.09. The quantitative estimate of drug-likeness (QED) is 0.717. The Morgan fingerprint density at radius 3 is 2.79 bits per heavy atom. The van der Waals surface area contributed by atoms with Crippen LogP contribution in [0, 0.1) is 0 Å². The summed E-state index contributed by atoms with van der Waals surface area (Å²) in [6.07, 6.45) is 5.11. The number of anilines is 1. The van der Waals surface area contributed by atoms with Gasteiger partial charge < -0.3 is 9.32 Å². The fourth-order valence-electron chi connectivity index (χ4n) is 2.07. The Kier molecular flexibility index (Phi) is 2.91. The normalized spacial score (nSPS) is 12.5. The van der Waals surface area contributed by atoms with E-state index in [1.807, 2.05) is 30.1 Å². The molecule has 0 aliphatic carbocycles. The van der Waals surface area contributed by atoms with Crippen LogP contribution >= 0.6 is 0 Å². The summed E-state index contributed by atoms with van der Waals surface area (Å²) in [5.74, 6) is 1.75. The van der Waals surface area contributed by atoms with E-state index < -0.39 is 0 Å². The molecule has 0 saturated heterocycles. The summed E-state index contributed by atoms with van der Waals surface area (Å²) in [5, 5.41) is 1.12. The van der Waals surface area contributed by atoms with Crippen molar-refractivity contribution in [2.45, 2.75) is 13.0 Å². The summed E-state index contributed by atoms with van der Waals surface area (Å²) in [4.78, 5) is 10.4. The molecule has 96 valence electrons. The first-order chi connectivity index (χ1) is 9.25. The predicted molar refractivity (Wildman–Crippen MR) is 75.1 cm³/mol. The van der Waals surface area contributed by atoms with Crippen LogP contribution in [0.3, 0.4) is 0 Å². The first-order valence-electron chi connectivity index (χ1n) is 6.23. The van der Waals surface area contributed by atoms with Gasteiger partial charge in [-0.05, 0) is 19.1 Å². The molecule has 1 unspecified atom stereocenters. The average molecular weight is 253 g/mol. The lowest BCUT2D eigenvalue weighted by Gasteiger charge is -2.23. The lowest BCUT2D eigenvalue weighted by atomic mass is 10.2. The van der Waals surface area contributed by atoms with E-state index in [4.69, 9.17) is 4.42 Å². The molecular formula is C15H15N3O. The highest BCUT2D eigenvalue weighted by Crippen LogP contribution is 2.28. The van der Waals surface area contributed by atoms with Crippen molar-refractivity contribution in [1.29, 1.82) is 0 Å². The third-order valence-corrected chi connectivity index (χ3v) is 3.35. The van der Waals surface area contributed by atoms with Gasteiger partial charge in [-0.15, -0.1) is 0 Å². The average Bonchev–Trinajstić information content (AvgIpc) is 2.90. The van der Waals surface area contributed by atoms with Crippen molar-refractivity contribution in [3.05, 3.63) is 54.7 Å². The van der Waals surface area contributed by atoms with Crippen LogP contribution in [0.15, 0.2) is 53.3 Å². The number of fused-ring (bicyclic) bond motifs is 1. The van der Waals surface area contributed by atoms with Crippen LogP contribution in [0.5, 0.6) is 0 Å². The minimum Gasteiger partial charge on any atom is -0.459 e. The largest absolute Gasteiger partial charge is 0.459 e. The van der Waals surface area contributed by atoms with Crippen molar-refractivity contribution in [3.8, 4) is 0 Å². The van der Waals surface area contributed by atoms with Crippen molar-refractivity contribution in [2.75, 3.05) is 11.9 Å². The van der Waals surface area contributed by atoms with E-state index in [2.05, 4.69) is 29.0 Å². The molecule has 1 aromatic carbocycles. The second kappa shape index (κ2) is 4.72. The molecule has 0 aliphatic rings. The molecule has 4 nitrogen and oxygen atoms in total. The number of aromatic nitrogens is 2. The van der Waals surface area contributed by atoms with Crippen molar-refractivity contribution in [3.63, 3.8) is 0 Å².